The van der Waals surface area contributed by atoms with Crippen molar-refractivity contribution in [2.75, 3.05) is 22.3 Å². The van der Waals surface area contributed by atoms with Crippen LogP contribution in [0.1, 0.15) is 17.5 Å². The molecule has 0 fully saturated rings. The minimum Gasteiger partial charge on any atom is -0.476 e. The fourth-order valence-electron chi connectivity index (χ4n) is 4.35. The average molecular weight is 483 g/mol. The first-order valence-electron chi connectivity index (χ1n) is 10.8. The van der Waals surface area contributed by atoms with Gasteiger partial charge in [-0.15, -0.1) is 0 Å². The number of hydrogen-bond donors (Lipinski definition) is 0. The van der Waals surface area contributed by atoms with Crippen molar-refractivity contribution in [3.8, 4) is 5.75 Å². The Bertz CT molecular complexity index is 1320. The van der Waals surface area contributed by atoms with Gasteiger partial charge in [-0.1, -0.05) is 47.5 Å². The van der Waals surface area contributed by atoms with E-state index in [0.717, 1.165) is 29.7 Å². The van der Waals surface area contributed by atoms with Crippen LogP contribution >= 0.6 is 11.6 Å². The van der Waals surface area contributed by atoms with E-state index in [1.165, 1.54) is 4.31 Å². The number of fused-ring (bicyclic) bond motifs is 2. The number of aryl methyl sites for hydroxylation is 2. The standard InChI is InChI=1S/C25H23ClN2O4S/c1-17-8-11-20(12-9-17)33(30,31)28-16-24(32-23-13-10-19(26)15-22(23)28)25(29)27-14-4-6-18-5-2-3-7-21(18)27/h2-3,5,7-13,15,24H,4,6,14,16H2,1H3/t24-/m1/s1. The third-order valence-electron chi connectivity index (χ3n) is 6.05. The summed E-state index contributed by atoms with van der Waals surface area (Å²) in [7, 11) is -3.94. The molecule has 0 unspecified atom stereocenters. The molecule has 0 spiro atoms. The lowest BCUT2D eigenvalue weighted by molar-refractivity contribution is -0.125. The highest BCUT2D eigenvalue weighted by atomic mass is 35.5. The molecule has 8 heteroatoms. The Morgan fingerprint density at radius 2 is 1.79 bits per heavy atom. The first-order chi connectivity index (χ1) is 15.8. The van der Waals surface area contributed by atoms with Gasteiger partial charge in [-0.05, 0) is 61.7 Å². The number of nitrogens with zero attached hydrogens (tertiary/aromatic N) is 2. The zero-order chi connectivity index (χ0) is 23.2. The number of rotatable bonds is 3. The van der Waals surface area contributed by atoms with Gasteiger partial charge in [0, 0.05) is 17.3 Å². The third-order valence-corrected chi connectivity index (χ3v) is 8.08. The molecule has 33 heavy (non-hydrogen) atoms. The Kier molecular flexibility index (Phi) is 5.54. The van der Waals surface area contributed by atoms with E-state index >= 15 is 0 Å². The Balaban J connectivity index is 1.54. The summed E-state index contributed by atoms with van der Waals surface area (Å²) in [5.41, 5.74) is 3.23. The van der Waals surface area contributed by atoms with E-state index in [4.69, 9.17) is 16.3 Å². The normalized spacial score (nSPS) is 17.7. The second-order valence-electron chi connectivity index (χ2n) is 8.29. The largest absolute Gasteiger partial charge is 0.476 e. The zero-order valence-corrected chi connectivity index (χ0v) is 19.6. The molecule has 0 radical (unpaired) electrons. The fraction of sp³-hybridized carbons (Fsp3) is 0.240. The van der Waals surface area contributed by atoms with Crippen LogP contribution in [0, 0.1) is 6.92 Å². The minimum atomic E-state index is -3.94. The summed E-state index contributed by atoms with van der Waals surface area (Å²) < 4.78 is 34.5. The molecule has 2 aliphatic rings. The van der Waals surface area contributed by atoms with Gasteiger partial charge in [-0.25, -0.2) is 8.42 Å². The molecule has 0 aliphatic carbocycles. The van der Waals surface area contributed by atoms with E-state index in [1.807, 2.05) is 31.2 Å². The van der Waals surface area contributed by atoms with Crippen molar-refractivity contribution in [3.05, 3.63) is 82.9 Å². The number of amides is 1. The molecular formula is C25H23ClN2O4S. The number of carbonyl (C=O) groups is 1. The van der Waals surface area contributed by atoms with Crippen LogP contribution in [-0.2, 0) is 21.2 Å². The van der Waals surface area contributed by atoms with Crippen LogP contribution in [0.4, 0.5) is 11.4 Å². The maximum absolute atomic E-state index is 13.6. The lowest BCUT2D eigenvalue weighted by Crippen LogP contribution is -2.53. The Hall–Kier alpha value is -3.03. The van der Waals surface area contributed by atoms with Gasteiger partial charge in [-0.3, -0.25) is 9.10 Å². The molecule has 2 aliphatic heterocycles. The number of benzene rings is 3. The van der Waals surface area contributed by atoms with E-state index in [-0.39, 0.29) is 17.3 Å². The predicted molar refractivity (Wildman–Crippen MR) is 129 cm³/mol. The molecule has 5 rings (SSSR count). The molecule has 3 aromatic carbocycles. The van der Waals surface area contributed by atoms with Crippen LogP contribution in [0.15, 0.2) is 71.6 Å². The number of halogens is 1. The summed E-state index contributed by atoms with van der Waals surface area (Å²) in [6.45, 7) is 2.32. The van der Waals surface area contributed by atoms with Crippen LogP contribution in [0.5, 0.6) is 5.75 Å². The van der Waals surface area contributed by atoms with Crippen molar-refractivity contribution in [3.63, 3.8) is 0 Å². The number of carbonyl (C=O) groups excluding carboxylic acids is 1. The summed E-state index contributed by atoms with van der Waals surface area (Å²) in [5.74, 6) is 0.0526. The van der Waals surface area contributed by atoms with E-state index in [0.29, 0.717) is 23.0 Å². The van der Waals surface area contributed by atoms with Gasteiger partial charge in [0.15, 0.2) is 6.10 Å². The van der Waals surface area contributed by atoms with Crippen LogP contribution in [0.25, 0.3) is 0 Å². The molecule has 1 amide bonds. The first-order valence-corrected chi connectivity index (χ1v) is 12.6. The molecule has 0 aromatic heterocycles. The Morgan fingerprint density at radius 3 is 2.58 bits per heavy atom. The maximum Gasteiger partial charge on any atom is 0.269 e. The molecule has 3 aromatic rings. The van der Waals surface area contributed by atoms with Gasteiger partial charge in [0.05, 0.1) is 17.1 Å². The SMILES string of the molecule is Cc1ccc(S(=O)(=O)N2C[C@H](C(=O)N3CCCc4ccccc43)Oc3ccc(Cl)cc32)cc1. The molecule has 0 saturated carbocycles. The topological polar surface area (TPSA) is 66.9 Å². The highest BCUT2D eigenvalue weighted by molar-refractivity contribution is 7.92. The van der Waals surface area contributed by atoms with Crippen molar-refractivity contribution in [1.82, 2.24) is 0 Å². The number of para-hydroxylation sites is 1. The molecule has 0 N–H and O–H groups in total. The van der Waals surface area contributed by atoms with Crippen LogP contribution in [0.2, 0.25) is 5.02 Å². The summed E-state index contributed by atoms with van der Waals surface area (Å²) in [4.78, 5) is 15.5. The predicted octanol–water partition coefficient (Wildman–Crippen LogP) is 4.58. The molecule has 0 bridgehead atoms. The third kappa shape index (κ3) is 3.96. The van der Waals surface area contributed by atoms with Crippen molar-refractivity contribution in [1.29, 1.82) is 0 Å². The average Bonchev–Trinajstić information content (AvgIpc) is 2.82. The number of sulfonamides is 1. The van der Waals surface area contributed by atoms with Crippen molar-refractivity contribution >= 4 is 38.9 Å². The Morgan fingerprint density at radius 1 is 1.03 bits per heavy atom. The quantitative estimate of drug-likeness (QED) is 0.548. The minimum absolute atomic E-state index is 0.138. The van der Waals surface area contributed by atoms with Crippen molar-refractivity contribution in [2.24, 2.45) is 0 Å². The number of hydrogen-bond acceptors (Lipinski definition) is 4. The molecule has 1 atom stereocenters. The molecule has 170 valence electrons. The van der Waals surface area contributed by atoms with Crippen molar-refractivity contribution < 1.29 is 17.9 Å². The molecule has 6 nitrogen and oxygen atoms in total. The number of ether oxygens (including phenoxy) is 1. The van der Waals surface area contributed by atoms with E-state index < -0.39 is 16.1 Å². The van der Waals surface area contributed by atoms with Gasteiger partial charge in [-0.2, -0.15) is 0 Å². The van der Waals surface area contributed by atoms with E-state index in [9.17, 15) is 13.2 Å². The summed E-state index contributed by atoms with van der Waals surface area (Å²) >= 11 is 6.18. The Labute approximate surface area is 198 Å². The molecule has 2 heterocycles. The molecular weight excluding hydrogens is 460 g/mol. The van der Waals surface area contributed by atoms with Gasteiger partial charge in [0.1, 0.15) is 5.75 Å². The van der Waals surface area contributed by atoms with E-state index in [1.54, 1.807) is 47.4 Å². The van der Waals surface area contributed by atoms with Crippen molar-refractivity contribution in [2.45, 2.75) is 30.8 Å². The smallest absolute Gasteiger partial charge is 0.269 e. The lowest BCUT2D eigenvalue weighted by Gasteiger charge is -2.38. The zero-order valence-electron chi connectivity index (χ0n) is 18.1. The highest BCUT2D eigenvalue weighted by Crippen LogP contribution is 2.39. The summed E-state index contributed by atoms with van der Waals surface area (Å²) in [6.07, 6.45) is 0.762. The van der Waals surface area contributed by atoms with Gasteiger partial charge in [0.2, 0.25) is 0 Å². The second kappa shape index (κ2) is 8.39. The van der Waals surface area contributed by atoms with Gasteiger partial charge in [0.25, 0.3) is 15.9 Å². The fourth-order valence-corrected chi connectivity index (χ4v) is 5.99. The summed E-state index contributed by atoms with van der Waals surface area (Å²) in [5, 5.41) is 0.385. The van der Waals surface area contributed by atoms with E-state index in [2.05, 4.69) is 0 Å². The number of anilines is 2. The monoisotopic (exact) mass is 482 g/mol. The molecule has 0 saturated heterocycles. The lowest BCUT2D eigenvalue weighted by atomic mass is 10.0. The highest BCUT2D eigenvalue weighted by Gasteiger charge is 2.40. The van der Waals surface area contributed by atoms with Crippen LogP contribution in [-0.4, -0.2) is 33.5 Å². The maximum atomic E-state index is 13.6. The summed E-state index contributed by atoms with van der Waals surface area (Å²) in [6, 6.07) is 19.2. The van der Waals surface area contributed by atoms with Gasteiger partial charge >= 0.3 is 0 Å². The second-order valence-corrected chi connectivity index (χ2v) is 10.6. The first kappa shape index (κ1) is 21.8. The van der Waals surface area contributed by atoms with Gasteiger partial charge < -0.3 is 9.64 Å². The van der Waals surface area contributed by atoms with Crippen LogP contribution < -0.4 is 13.9 Å². The van der Waals surface area contributed by atoms with Crippen LogP contribution in [0.3, 0.4) is 0 Å².